The van der Waals surface area contributed by atoms with E-state index in [4.69, 9.17) is 16.3 Å². The van der Waals surface area contributed by atoms with Crippen molar-refractivity contribution in [2.75, 3.05) is 23.8 Å². The first-order valence-electron chi connectivity index (χ1n) is 8.24. The number of hydrogen-bond donors (Lipinski definition) is 2. The molecule has 2 aromatic carbocycles. The fourth-order valence-corrected chi connectivity index (χ4v) is 2.41. The van der Waals surface area contributed by atoms with Crippen LogP contribution in [0.25, 0.3) is 0 Å². The molecule has 0 atom stereocenters. The van der Waals surface area contributed by atoms with Gasteiger partial charge in [0.05, 0.1) is 10.6 Å². The summed E-state index contributed by atoms with van der Waals surface area (Å²) in [6.45, 7) is -0.262. The largest absolute Gasteiger partial charge is 0.456 e. The van der Waals surface area contributed by atoms with E-state index in [1.165, 1.54) is 18.2 Å². The standard InChI is InChI=1S/C18H17ClFN3O5/c19-12-7-8-13(20)15(10-12)22-17(24)11-28-18(25)6-3-9-21-14-4-1-2-5-16(14)23(26)27/h1-2,4-5,7-8,10,21H,3,6,9,11H2,(H,22,24). The van der Waals surface area contributed by atoms with Crippen LogP contribution in [0.4, 0.5) is 21.5 Å². The zero-order chi connectivity index (χ0) is 20.5. The van der Waals surface area contributed by atoms with Crippen molar-refractivity contribution in [1.82, 2.24) is 0 Å². The number of benzene rings is 2. The molecule has 28 heavy (non-hydrogen) atoms. The third-order valence-electron chi connectivity index (χ3n) is 3.54. The highest BCUT2D eigenvalue weighted by molar-refractivity contribution is 6.30. The van der Waals surface area contributed by atoms with E-state index >= 15 is 0 Å². The second kappa shape index (κ2) is 10.2. The number of halogens is 2. The Morgan fingerprint density at radius 2 is 1.93 bits per heavy atom. The molecule has 0 aliphatic heterocycles. The van der Waals surface area contributed by atoms with Gasteiger partial charge in [0.2, 0.25) is 0 Å². The molecule has 0 spiro atoms. The summed E-state index contributed by atoms with van der Waals surface area (Å²) in [4.78, 5) is 33.8. The van der Waals surface area contributed by atoms with Gasteiger partial charge in [-0.1, -0.05) is 23.7 Å². The Hall–Kier alpha value is -3.20. The van der Waals surface area contributed by atoms with E-state index in [0.29, 0.717) is 18.7 Å². The average Bonchev–Trinajstić information content (AvgIpc) is 2.66. The molecule has 10 heteroatoms. The summed E-state index contributed by atoms with van der Waals surface area (Å²) in [5, 5.41) is 16.3. The molecule has 2 rings (SSSR count). The first-order valence-corrected chi connectivity index (χ1v) is 8.62. The van der Waals surface area contributed by atoms with Gasteiger partial charge in [0.25, 0.3) is 11.6 Å². The summed E-state index contributed by atoms with van der Waals surface area (Å²) < 4.78 is 18.3. The Morgan fingerprint density at radius 3 is 2.68 bits per heavy atom. The van der Waals surface area contributed by atoms with Gasteiger partial charge in [-0.05, 0) is 30.7 Å². The molecule has 148 valence electrons. The molecule has 0 aliphatic carbocycles. The molecule has 0 unspecified atom stereocenters. The maximum absolute atomic E-state index is 13.5. The average molecular weight is 410 g/mol. The molecule has 0 heterocycles. The molecule has 1 amide bonds. The lowest BCUT2D eigenvalue weighted by Gasteiger charge is -2.08. The van der Waals surface area contributed by atoms with Crippen LogP contribution >= 0.6 is 11.6 Å². The zero-order valence-electron chi connectivity index (χ0n) is 14.6. The number of nitrogens with zero attached hydrogens (tertiary/aromatic N) is 1. The van der Waals surface area contributed by atoms with Gasteiger partial charge in [-0.25, -0.2) is 4.39 Å². The molecule has 2 aromatic rings. The normalized spacial score (nSPS) is 10.2. The first-order chi connectivity index (χ1) is 13.4. The Morgan fingerprint density at radius 1 is 1.18 bits per heavy atom. The van der Waals surface area contributed by atoms with E-state index in [2.05, 4.69) is 10.6 Å². The van der Waals surface area contributed by atoms with E-state index in [-0.39, 0.29) is 22.8 Å². The number of anilines is 2. The Balaban J connectivity index is 1.69. The van der Waals surface area contributed by atoms with Gasteiger partial charge in [0, 0.05) is 24.1 Å². The number of hydrogen-bond acceptors (Lipinski definition) is 6. The van der Waals surface area contributed by atoms with Crippen LogP contribution in [-0.4, -0.2) is 30.0 Å². The summed E-state index contributed by atoms with van der Waals surface area (Å²) in [6, 6.07) is 9.84. The van der Waals surface area contributed by atoms with E-state index < -0.39 is 29.2 Å². The Bertz CT molecular complexity index is 878. The number of amides is 1. The van der Waals surface area contributed by atoms with Gasteiger partial charge in [-0.15, -0.1) is 0 Å². The predicted molar refractivity (Wildman–Crippen MR) is 102 cm³/mol. The van der Waals surface area contributed by atoms with Gasteiger partial charge in [-0.2, -0.15) is 0 Å². The van der Waals surface area contributed by atoms with Crippen molar-refractivity contribution in [3.63, 3.8) is 0 Å². The van der Waals surface area contributed by atoms with E-state index in [9.17, 15) is 24.1 Å². The highest BCUT2D eigenvalue weighted by Crippen LogP contribution is 2.23. The molecule has 0 radical (unpaired) electrons. The summed E-state index contributed by atoms with van der Waals surface area (Å²) in [7, 11) is 0. The van der Waals surface area contributed by atoms with E-state index in [1.807, 2.05) is 0 Å². The lowest BCUT2D eigenvalue weighted by atomic mass is 10.2. The minimum absolute atomic E-state index is 0.00639. The molecule has 8 nitrogen and oxygen atoms in total. The van der Waals surface area contributed by atoms with Crippen LogP contribution in [0.5, 0.6) is 0 Å². The number of nitro benzene ring substituents is 1. The van der Waals surface area contributed by atoms with Crippen LogP contribution in [0.2, 0.25) is 5.02 Å². The zero-order valence-corrected chi connectivity index (χ0v) is 15.4. The number of rotatable bonds is 9. The lowest BCUT2D eigenvalue weighted by molar-refractivity contribution is -0.384. The fraction of sp³-hybridized carbons (Fsp3) is 0.222. The Kier molecular flexibility index (Phi) is 7.70. The number of carbonyl (C=O) groups excluding carboxylic acids is 2. The summed E-state index contributed by atoms with van der Waals surface area (Å²) >= 11 is 5.72. The third-order valence-corrected chi connectivity index (χ3v) is 3.78. The van der Waals surface area contributed by atoms with Gasteiger partial charge in [0.1, 0.15) is 11.5 Å². The van der Waals surface area contributed by atoms with Crippen LogP contribution < -0.4 is 10.6 Å². The molecular formula is C18H17ClFN3O5. The quantitative estimate of drug-likeness (QED) is 0.282. The van der Waals surface area contributed by atoms with Gasteiger partial charge >= 0.3 is 5.97 Å². The first kappa shape index (κ1) is 21.1. The topological polar surface area (TPSA) is 111 Å². The second-order valence-electron chi connectivity index (χ2n) is 5.64. The van der Waals surface area contributed by atoms with Crippen LogP contribution in [0, 0.1) is 15.9 Å². The molecule has 0 aliphatic rings. The van der Waals surface area contributed by atoms with Crippen LogP contribution in [-0.2, 0) is 14.3 Å². The number of ether oxygens (including phenoxy) is 1. The van der Waals surface area contributed by atoms with Crippen molar-refractivity contribution >= 4 is 40.5 Å². The summed E-state index contributed by atoms with van der Waals surface area (Å²) in [5.74, 6) is -1.98. The smallest absolute Gasteiger partial charge is 0.306 e. The predicted octanol–water partition coefficient (Wildman–Crippen LogP) is 3.76. The summed E-state index contributed by atoms with van der Waals surface area (Å²) in [5.41, 5.74) is 0.181. The minimum Gasteiger partial charge on any atom is -0.456 e. The van der Waals surface area contributed by atoms with Crippen LogP contribution in [0.15, 0.2) is 42.5 Å². The van der Waals surface area contributed by atoms with Crippen molar-refractivity contribution in [1.29, 1.82) is 0 Å². The van der Waals surface area contributed by atoms with Gasteiger partial charge in [-0.3, -0.25) is 19.7 Å². The number of nitro groups is 1. The number of nitrogens with one attached hydrogen (secondary N) is 2. The monoisotopic (exact) mass is 409 g/mol. The maximum Gasteiger partial charge on any atom is 0.306 e. The number of esters is 1. The maximum atomic E-state index is 13.5. The lowest BCUT2D eigenvalue weighted by Crippen LogP contribution is -2.21. The van der Waals surface area contributed by atoms with Crippen molar-refractivity contribution in [2.24, 2.45) is 0 Å². The van der Waals surface area contributed by atoms with Gasteiger partial charge < -0.3 is 15.4 Å². The van der Waals surface area contributed by atoms with Crippen molar-refractivity contribution in [3.05, 3.63) is 63.4 Å². The highest BCUT2D eigenvalue weighted by Gasteiger charge is 2.13. The molecule has 0 saturated heterocycles. The van der Waals surface area contributed by atoms with Crippen molar-refractivity contribution in [3.8, 4) is 0 Å². The second-order valence-corrected chi connectivity index (χ2v) is 6.07. The van der Waals surface area contributed by atoms with Crippen LogP contribution in [0.1, 0.15) is 12.8 Å². The van der Waals surface area contributed by atoms with E-state index in [1.54, 1.807) is 18.2 Å². The minimum atomic E-state index is -0.701. The molecule has 0 saturated carbocycles. The SMILES string of the molecule is O=C(COC(=O)CCCNc1ccccc1[N+](=O)[O-])Nc1cc(Cl)ccc1F. The van der Waals surface area contributed by atoms with Crippen molar-refractivity contribution < 1.29 is 23.6 Å². The molecule has 2 N–H and O–H groups in total. The molecule has 0 aromatic heterocycles. The molecule has 0 fully saturated rings. The van der Waals surface area contributed by atoms with Gasteiger partial charge in [0.15, 0.2) is 6.61 Å². The third kappa shape index (κ3) is 6.51. The number of para-hydroxylation sites is 2. The van der Waals surface area contributed by atoms with Crippen molar-refractivity contribution in [2.45, 2.75) is 12.8 Å². The Labute approximate surface area is 164 Å². The highest BCUT2D eigenvalue weighted by atomic mass is 35.5. The number of carbonyl (C=O) groups is 2. The van der Waals surface area contributed by atoms with E-state index in [0.717, 1.165) is 6.07 Å². The molecule has 0 bridgehead atoms. The fourth-order valence-electron chi connectivity index (χ4n) is 2.24. The van der Waals surface area contributed by atoms with Crippen LogP contribution in [0.3, 0.4) is 0 Å². The summed E-state index contributed by atoms with van der Waals surface area (Å²) in [6.07, 6.45) is 0.349. The molecular weight excluding hydrogens is 393 g/mol.